The molecule has 0 unspecified atom stereocenters. The summed E-state index contributed by atoms with van der Waals surface area (Å²) >= 11 is 0. The summed E-state index contributed by atoms with van der Waals surface area (Å²) in [7, 11) is -0.673. The van der Waals surface area contributed by atoms with Gasteiger partial charge >= 0.3 is 5.97 Å². The highest BCUT2D eigenvalue weighted by Crippen LogP contribution is 2.39. The number of amides is 2. The fraction of sp³-hybridized carbons (Fsp3) is 0.769. The van der Waals surface area contributed by atoms with Crippen LogP contribution in [0, 0.1) is 5.92 Å². The molecule has 0 saturated heterocycles. The third-order valence-corrected chi connectivity index (χ3v) is 7.32. The Morgan fingerprint density at radius 3 is 1.77 bits per heavy atom. The van der Waals surface area contributed by atoms with E-state index in [0.717, 1.165) is 27.8 Å². The fourth-order valence-electron chi connectivity index (χ4n) is 4.54. The van der Waals surface area contributed by atoms with E-state index in [0.29, 0.717) is 23.1 Å². The smallest absolute Gasteiger partial charge is 0.343 e. The van der Waals surface area contributed by atoms with Crippen LogP contribution in [0.5, 0.6) is 0 Å². The second kappa shape index (κ2) is 13.6. The first kappa shape index (κ1) is 32.5. The number of aliphatic carboxylic acids is 1. The Balaban J connectivity index is 8.27. The van der Waals surface area contributed by atoms with Crippen molar-refractivity contribution in [1.29, 1.82) is 0 Å². The van der Waals surface area contributed by atoms with E-state index in [-0.39, 0.29) is 12.8 Å². The number of hydrogen-bond donors (Lipinski definition) is 5. The predicted molar refractivity (Wildman–Crippen MR) is 141 cm³/mol. The Hall–Kier alpha value is -2.74. The van der Waals surface area contributed by atoms with Gasteiger partial charge in [0.1, 0.15) is 12.2 Å². The van der Waals surface area contributed by atoms with Crippen LogP contribution in [0.4, 0.5) is 0 Å². The van der Waals surface area contributed by atoms with Gasteiger partial charge in [-0.2, -0.15) is 0 Å². The number of aliphatic hydroxyl groups excluding tert-OH is 2. The van der Waals surface area contributed by atoms with E-state index in [1.807, 2.05) is 0 Å². The van der Waals surface area contributed by atoms with E-state index in [2.05, 4.69) is 5.32 Å². The van der Waals surface area contributed by atoms with Crippen LogP contribution < -0.4 is 5.32 Å². The molecule has 2 amide bonds. The number of aliphatic hydroxyl groups is 3. The summed E-state index contributed by atoms with van der Waals surface area (Å²) in [6.45, 7) is 8.03. The molecule has 224 valence electrons. The number of Topliss-reactive ketones (excluding diaryl/α,β-unsaturated/α-hetero) is 3. The van der Waals surface area contributed by atoms with Gasteiger partial charge in [-0.3, -0.25) is 24.0 Å². The van der Waals surface area contributed by atoms with Gasteiger partial charge in [0.25, 0.3) is 11.8 Å². The van der Waals surface area contributed by atoms with Crippen LogP contribution in [0.3, 0.4) is 0 Å². The third kappa shape index (κ3) is 6.37. The second-order valence-electron chi connectivity index (χ2n) is 10.1. The maximum Gasteiger partial charge on any atom is 0.343 e. The minimum atomic E-state index is -3.31. The molecule has 0 fully saturated rings. The minimum Gasteiger partial charge on any atom is -0.479 e. The summed E-state index contributed by atoms with van der Waals surface area (Å²) in [5, 5.41) is 43.4. The molecule has 0 aromatic heterocycles. The lowest BCUT2D eigenvalue weighted by atomic mass is 9.64. The summed E-state index contributed by atoms with van der Waals surface area (Å²) in [5.41, 5.74) is -9.11. The van der Waals surface area contributed by atoms with Crippen LogP contribution in [0.15, 0.2) is 0 Å². The first-order valence-electron chi connectivity index (χ1n) is 14.0. The van der Waals surface area contributed by atoms with E-state index in [9.17, 15) is 49.2 Å². The topological polar surface area (TPSA) is 202 Å². The zero-order valence-electron chi connectivity index (χ0n) is 26.0. The first-order chi connectivity index (χ1) is 18.7. The van der Waals surface area contributed by atoms with Gasteiger partial charge in [-0.15, -0.1) is 0 Å². The number of nitrogens with one attached hydrogen (secondary N) is 1. The number of nitrogens with zero attached hydrogens (tertiary/aromatic N) is 2. The number of likely N-dealkylation sites (N-methyl/N-ethyl adjacent to an activating group) is 3. The van der Waals surface area contributed by atoms with Crippen LogP contribution in [0.1, 0.15) is 70.5 Å². The lowest BCUT2D eigenvalue weighted by Crippen LogP contribution is -2.78. The van der Waals surface area contributed by atoms with E-state index < -0.39 is 90.0 Å². The zero-order valence-corrected chi connectivity index (χ0v) is 24.0. The van der Waals surface area contributed by atoms with Crippen molar-refractivity contribution in [1.82, 2.24) is 15.1 Å². The van der Waals surface area contributed by atoms with Gasteiger partial charge in [-0.25, -0.2) is 4.79 Å². The second-order valence-corrected chi connectivity index (χ2v) is 10.1. The van der Waals surface area contributed by atoms with E-state index >= 15 is 0 Å². The third-order valence-electron chi connectivity index (χ3n) is 7.32. The molecule has 0 bridgehead atoms. The molecule has 0 aromatic rings. The molecule has 0 aliphatic carbocycles. The molecule has 0 saturated carbocycles. The number of hydrogen-bond acceptors (Lipinski definition) is 10. The highest BCUT2D eigenvalue weighted by Gasteiger charge is 2.67. The van der Waals surface area contributed by atoms with Crippen molar-refractivity contribution < 1.29 is 51.9 Å². The molecule has 5 N–H and O–H groups in total. The molecular formula is C26H45N3O10. The molecule has 0 rings (SSSR count). The summed E-state index contributed by atoms with van der Waals surface area (Å²) in [5.74, 6) is -10.2. The lowest BCUT2D eigenvalue weighted by molar-refractivity contribution is -0.180. The molecule has 13 nitrogen and oxygen atoms in total. The van der Waals surface area contributed by atoms with Crippen LogP contribution >= 0.6 is 0 Å². The number of carboxylic acids is 1. The fourth-order valence-corrected chi connectivity index (χ4v) is 4.54. The van der Waals surface area contributed by atoms with Crippen molar-refractivity contribution >= 4 is 35.1 Å². The Bertz CT molecular complexity index is 1000. The van der Waals surface area contributed by atoms with E-state index in [1.165, 1.54) is 13.8 Å². The van der Waals surface area contributed by atoms with Crippen LogP contribution in [-0.4, -0.2) is 121 Å². The average Bonchev–Trinajstić information content (AvgIpc) is 2.91. The monoisotopic (exact) mass is 561 g/mol. The molecule has 7 atom stereocenters. The van der Waals surface area contributed by atoms with E-state index in [1.54, 1.807) is 6.92 Å². The Morgan fingerprint density at radius 1 is 0.923 bits per heavy atom. The summed E-state index contributed by atoms with van der Waals surface area (Å²) in [6, 6.07) is -1.29. The molecule has 0 aromatic carbocycles. The van der Waals surface area contributed by atoms with Crippen molar-refractivity contribution in [2.24, 2.45) is 5.92 Å². The van der Waals surface area contributed by atoms with Crippen molar-refractivity contribution in [3.05, 3.63) is 0 Å². The largest absolute Gasteiger partial charge is 0.479 e. The molecular weight excluding hydrogens is 514 g/mol. The van der Waals surface area contributed by atoms with Crippen molar-refractivity contribution in [2.45, 2.75) is 103 Å². The summed E-state index contributed by atoms with van der Waals surface area (Å²) < 4.78 is 15.6. The summed E-state index contributed by atoms with van der Waals surface area (Å²) in [4.78, 5) is 82.7. The molecule has 0 heterocycles. The van der Waals surface area contributed by atoms with Gasteiger partial charge in [-0.05, 0) is 47.1 Å². The van der Waals surface area contributed by atoms with Crippen molar-refractivity contribution in [3.8, 4) is 0 Å². The van der Waals surface area contributed by atoms with Gasteiger partial charge in [0.05, 0.1) is 6.04 Å². The lowest BCUT2D eigenvalue weighted by Gasteiger charge is -2.51. The Morgan fingerprint density at radius 2 is 1.41 bits per heavy atom. The van der Waals surface area contributed by atoms with Crippen molar-refractivity contribution in [3.63, 3.8) is 0 Å². The number of carboxylic acid groups (broad SMARTS) is 1. The highest BCUT2D eigenvalue weighted by atomic mass is 16.4. The molecule has 0 radical (unpaired) electrons. The van der Waals surface area contributed by atoms with Crippen LogP contribution in [0.2, 0.25) is 0 Å². The van der Waals surface area contributed by atoms with E-state index in [4.69, 9.17) is 2.74 Å². The maximum atomic E-state index is 15.0. The number of ketones is 3. The predicted octanol–water partition coefficient (Wildman–Crippen LogP) is -0.861. The number of carbonyl (C=O) groups excluding carboxylic acids is 5. The van der Waals surface area contributed by atoms with Gasteiger partial charge in [-0.1, -0.05) is 33.6 Å². The minimum absolute atomic E-state index is 0.0366. The molecule has 39 heavy (non-hydrogen) atoms. The van der Waals surface area contributed by atoms with Gasteiger partial charge < -0.3 is 35.5 Å². The standard InChI is InChI=1S/C26H45N3O10/c1-11-13-17(27-8)18(32)24(6,28(9)19(33)15(4)30)21(35)26(14(3)12-2,29(10)20(34)16(5)31)22(36)25(7,39)23(37)38/h14-17,27,30-31,39H,11-13H2,1-10H3,(H,37,38)/t14-,15-,16-,17-,24+,25-,26+/m0/s1/i8D,9D. The Kier molecular flexibility index (Phi) is 11.3. The zero-order chi connectivity index (χ0) is 32.7. The Labute approximate surface area is 232 Å². The molecule has 13 heteroatoms. The van der Waals surface area contributed by atoms with Gasteiger partial charge in [0.2, 0.25) is 11.4 Å². The first-order valence-corrected chi connectivity index (χ1v) is 12.6. The van der Waals surface area contributed by atoms with Gasteiger partial charge in [0.15, 0.2) is 22.6 Å². The molecule has 0 aliphatic rings. The molecule has 0 aliphatic heterocycles. The van der Waals surface area contributed by atoms with Gasteiger partial charge in [0, 0.05) is 16.8 Å². The normalized spacial score (nSPS) is 19.9. The number of rotatable bonds is 16. The average molecular weight is 562 g/mol. The quantitative estimate of drug-likeness (QED) is 0.147. The maximum absolute atomic E-state index is 15.0. The van der Waals surface area contributed by atoms with Crippen LogP contribution in [-0.2, 0) is 28.8 Å². The summed E-state index contributed by atoms with van der Waals surface area (Å²) in [6.07, 6.45) is -3.38. The highest BCUT2D eigenvalue weighted by molar-refractivity contribution is 6.30. The number of carbonyl (C=O) groups is 6. The molecule has 0 spiro atoms. The SMILES string of the molecule is [2H]CN[C@@H](CCC)C(=O)[C@](C)(C(=O)[C@@](C(=O)[C@](C)(O)C(=O)O)([C@@H](C)CC)N(C)C(=O)[C@H](C)O)N(C[2H])C(=O)[C@H](C)O. The van der Waals surface area contributed by atoms with Crippen LogP contribution in [0.25, 0.3) is 0 Å². The van der Waals surface area contributed by atoms with Crippen molar-refractivity contribution in [2.75, 3.05) is 21.1 Å².